The van der Waals surface area contributed by atoms with Crippen molar-refractivity contribution >= 4 is 12.2 Å². The van der Waals surface area contributed by atoms with E-state index in [-0.39, 0.29) is 0 Å². The van der Waals surface area contributed by atoms with E-state index in [0.717, 1.165) is 32.8 Å². The fraction of sp³-hybridized carbons (Fsp3) is 0.273. The molecule has 0 unspecified atom stereocenters. The molecule has 2 heterocycles. The smallest absolute Gasteiger partial charge is 0.200 e. The van der Waals surface area contributed by atoms with Crippen molar-refractivity contribution in [1.82, 2.24) is 19.4 Å². The molecule has 0 spiro atoms. The highest BCUT2D eigenvalue weighted by molar-refractivity contribution is 7.71. The molecule has 1 aromatic heterocycles. The van der Waals surface area contributed by atoms with Gasteiger partial charge in [0.05, 0.1) is 12.7 Å². The van der Waals surface area contributed by atoms with E-state index in [1.54, 1.807) is 6.20 Å². The molecule has 1 saturated heterocycles. The Balaban J connectivity index is 1.49. The topological polar surface area (TPSA) is 24.3 Å². The standard InChI is InChI=1S/C22H24N4S/c27-22-23-12-7-13-26(22)18-24-14-16-25(17-15-24)21(19-8-3-1-4-9-19)20-10-5-2-6-11-20/h1-13,21H,14-18H2. The van der Waals surface area contributed by atoms with Crippen molar-refractivity contribution in [2.24, 2.45) is 0 Å². The molecular formula is C22H24N4S. The van der Waals surface area contributed by atoms with Gasteiger partial charge in [-0.05, 0) is 29.4 Å². The molecule has 5 heteroatoms. The third-order valence-electron chi connectivity index (χ3n) is 5.14. The van der Waals surface area contributed by atoms with Crippen LogP contribution >= 0.6 is 12.2 Å². The Kier molecular flexibility index (Phi) is 5.72. The van der Waals surface area contributed by atoms with Gasteiger partial charge < -0.3 is 4.57 Å². The SMILES string of the molecule is S=c1ncccn1CN1CCN(C(c2ccccc2)c2ccccc2)CC1. The van der Waals surface area contributed by atoms with Gasteiger partial charge in [0, 0.05) is 38.6 Å². The van der Waals surface area contributed by atoms with Crippen LogP contribution in [0.5, 0.6) is 0 Å². The van der Waals surface area contributed by atoms with E-state index in [2.05, 4.69) is 75.4 Å². The maximum Gasteiger partial charge on any atom is 0.200 e. The van der Waals surface area contributed by atoms with E-state index in [1.165, 1.54) is 11.1 Å². The summed E-state index contributed by atoms with van der Waals surface area (Å²) < 4.78 is 2.68. The van der Waals surface area contributed by atoms with Crippen molar-refractivity contribution in [2.75, 3.05) is 26.2 Å². The Hall–Kier alpha value is -2.34. The molecular weight excluding hydrogens is 352 g/mol. The molecule has 1 fully saturated rings. The third kappa shape index (κ3) is 4.33. The Morgan fingerprint density at radius 1 is 0.815 bits per heavy atom. The molecule has 0 bridgehead atoms. The molecule has 138 valence electrons. The van der Waals surface area contributed by atoms with Gasteiger partial charge in [0.2, 0.25) is 4.77 Å². The average Bonchev–Trinajstić information content (AvgIpc) is 2.73. The molecule has 3 aromatic rings. The zero-order valence-electron chi connectivity index (χ0n) is 15.3. The molecule has 0 atom stereocenters. The predicted octanol–water partition coefficient (Wildman–Crippen LogP) is 3.98. The fourth-order valence-corrected chi connectivity index (χ4v) is 3.94. The molecule has 1 aliphatic rings. The molecule has 27 heavy (non-hydrogen) atoms. The Bertz CT molecular complexity index is 863. The largest absolute Gasteiger partial charge is 0.310 e. The summed E-state index contributed by atoms with van der Waals surface area (Å²) in [4.78, 5) is 9.24. The van der Waals surface area contributed by atoms with Gasteiger partial charge in [-0.2, -0.15) is 0 Å². The van der Waals surface area contributed by atoms with Crippen molar-refractivity contribution in [3.8, 4) is 0 Å². The number of nitrogens with zero attached hydrogens (tertiary/aromatic N) is 4. The normalized spacial score (nSPS) is 15.9. The second kappa shape index (κ2) is 8.57. The van der Waals surface area contributed by atoms with E-state index in [1.807, 2.05) is 16.8 Å². The average molecular weight is 377 g/mol. The van der Waals surface area contributed by atoms with Gasteiger partial charge in [-0.3, -0.25) is 9.80 Å². The monoisotopic (exact) mass is 376 g/mol. The van der Waals surface area contributed by atoms with Crippen molar-refractivity contribution in [3.63, 3.8) is 0 Å². The lowest BCUT2D eigenvalue weighted by Crippen LogP contribution is -2.48. The van der Waals surface area contributed by atoms with Crippen LogP contribution in [-0.4, -0.2) is 45.5 Å². The highest BCUT2D eigenvalue weighted by Crippen LogP contribution is 2.29. The van der Waals surface area contributed by atoms with E-state index in [9.17, 15) is 0 Å². The van der Waals surface area contributed by atoms with Gasteiger partial charge in [-0.25, -0.2) is 4.98 Å². The zero-order chi connectivity index (χ0) is 18.5. The van der Waals surface area contributed by atoms with Crippen LogP contribution in [0.25, 0.3) is 0 Å². The minimum atomic E-state index is 0.301. The third-order valence-corrected chi connectivity index (χ3v) is 5.48. The van der Waals surface area contributed by atoms with E-state index >= 15 is 0 Å². The van der Waals surface area contributed by atoms with Crippen molar-refractivity contribution < 1.29 is 0 Å². The summed E-state index contributed by atoms with van der Waals surface area (Å²) >= 11 is 5.33. The number of benzene rings is 2. The number of hydrogen-bond donors (Lipinski definition) is 0. The quantitative estimate of drug-likeness (QED) is 0.629. The summed E-state index contributed by atoms with van der Waals surface area (Å²) in [5.74, 6) is 0. The fourth-order valence-electron chi connectivity index (χ4n) is 3.76. The van der Waals surface area contributed by atoms with Crippen LogP contribution in [0.4, 0.5) is 0 Å². The van der Waals surface area contributed by atoms with Crippen LogP contribution in [0.2, 0.25) is 0 Å². The predicted molar refractivity (Wildman–Crippen MR) is 111 cm³/mol. The maximum atomic E-state index is 5.33. The van der Waals surface area contributed by atoms with Gasteiger partial charge in [-0.15, -0.1) is 0 Å². The first kappa shape index (κ1) is 18.0. The minimum Gasteiger partial charge on any atom is -0.310 e. The van der Waals surface area contributed by atoms with Crippen LogP contribution in [0.15, 0.2) is 79.1 Å². The summed E-state index contributed by atoms with van der Waals surface area (Å²) in [6, 6.07) is 23.9. The van der Waals surface area contributed by atoms with E-state index in [0.29, 0.717) is 10.8 Å². The van der Waals surface area contributed by atoms with Gasteiger partial charge in [0.25, 0.3) is 0 Å². The van der Waals surface area contributed by atoms with E-state index in [4.69, 9.17) is 12.2 Å². The minimum absolute atomic E-state index is 0.301. The zero-order valence-corrected chi connectivity index (χ0v) is 16.1. The molecule has 0 N–H and O–H groups in total. The van der Waals surface area contributed by atoms with Crippen molar-refractivity contribution in [3.05, 3.63) is 95.0 Å². The molecule has 4 nitrogen and oxygen atoms in total. The summed E-state index contributed by atoms with van der Waals surface area (Å²) in [5, 5.41) is 0. The molecule has 2 aromatic carbocycles. The molecule has 1 aliphatic heterocycles. The molecule has 0 aliphatic carbocycles. The number of rotatable bonds is 5. The summed E-state index contributed by atoms with van der Waals surface area (Å²) in [6.07, 6.45) is 3.76. The van der Waals surface area contributed by atoms with Crippen LogP contribution < -0.4 is 0 Å². The van der Waals surface area contributed by atoms with Crippen LogP contribution in [-0.2, 0) is 6.67 Å². The Morgan fingerprint density at radius 3 is 1.96 bits per heavy atom. The summed E-state index contributed by atoms with van der Waals surface area (Å²) in [6.45, 7) is 4.91. The first-order chi connectivity index (χ1) is 13.3. The highest BCUT2D eigenvalue weighted by atomic mass is 32.1. The Morgan fingerprint density at radius 2 is 1.41 bits per heavy atom. The van der Waals surface area contributed by atoms with Crippen LogP contribution in [0, 0.1) is 4.77 Å². The van der Waals surface area contributed by atoms with Gasteiger partial charge in [0.15, 0.2) is 0 Å². The molecule has 0 radical (unpaired) electrons. The van der Waals surface area contributed by atoms with Gasteiger partial charge >= 0.3 is 0 Å². The number of hydrogen-bond acceptors (Lipinski definition) is 4. The molecule has 4 rings (SSSR count). The lowest BCUT2D eigenvalue weighted by molar-refractivity contribution is 0.0876. The van der Waals surface area contributed by atoms with Crippen LogP contribution in [0.3, 0.4) is 0 Å². The lowest BCUT2D eigenvalue weighted by Gasteiger charge is -2.40. The summed E-state index contributed by atoms with van der Waals surface area (Å²) in [5.41, 5.74) is 2.71. The highest BCUT2D eigenvalue weighted by Gasteiger charge is 2.26. The maximum absolute atomic E-state index is 5.33. The first-order valence-corrected chi connectivity index (χ1v) is 9.80. The van der Waals surface area contributed by atoms with Crippen molar-refractivity contribution in [2.45, 2.75) is 12.7 Å². The lowest BCUT2D eigenvalue weighted by atomic mass is 9.96. The second-order valence-electron chi connectivity index (χ2n) is 6.89. The number of aromatic nitrogens is 2. The second-order valence-corrected chi connectivity index (χ2v) is 7.26. The van der Waals surface area contributed by atoms with Gasteiger partial charge in [0.1, 0.15) is 0 Å². The molecule has 0 amide bonds. The number of piperazine rings is 1. The van der Waals surface area contributed by atoms with Crippen molar-refractivity contribution in [1.29, 1.82) is 0 Å². The Labute approximate surface area is 165 Å². The van der Waals surface area contributed by atoms with E-state index < -0.39 is 0 Å². The van der Waals surface area contributed by atoms with Crippen LogP contribution in [0.1, 0.15) is 17.2 Å². The first-order valence-electron chi connectivity index (χ1n) is 9.39. The van der Waals surface area contributed by atoms with Gasteiger partial charge in [-0.1, -0.05) is 60.7 Å². The summed E-state index contributed by atoms with van der Waals surface area (Å²) in [7, 11) is 0. The molecule has 0 saturated carbocycles.